The Morgan fingerprint density at radius 1 is 1.32 bits per heavy atom. The largest absolute Gasteiger partial charge is 0.467 e. The van der Waals surface area contributed by atoms with E-state index in [4.69, 9.17) is 9.15 Å². The number of aliphatic imine (C=N–C) groups is 1. The highest BCUT2D eigenvalue weighted by Crippen LogP contribution is 2.15. The number of hydrogen-bond donors (Lipinski definition) is 3. The molecule has 2 amide bonds. The number of furan rings is 1. The van der Waals surface area contributed by atoms with Crippen LogP contribution in [-0.2, 0) is 16.1 Å². The van der Waals surface area contributed by atoms with Crippen molar-refractivity contribution in [3.8, 4) is 0 Å². The lowest BCUT2D eigenvalue weighted by Gasteiger charge is -2.40. The van der Waals surface area contributed by atoms with Gasteiger partial charge in [-0.3, -0.25) is 4.79 Å². The van der Waals surface area contributed by atoms with E-state index in [1.165, 1.54) is 0 Å². The van der Waals surface area contributed by atoms with Gasteiger partial charge in [-0.25, -0.2) is 9.79 Å². The smallest absolute Gasteiger partial charge is 0.410 e. The zero-order valence-corrected chi connectivity index (χ0v) is 19.1. The monoisotopic (exact) mass is 507 g/mol. The Balaban J connectivity index is 0.00000392. The molecule has 1 saturated heterocycles. The molecular formula is C18H30IN5O4. The number of nitrogens with zero attached hydrogens (tertiary/aromatic N) is 2. The maximum Gasteiger partial charge on any atom is 0.410 e. The molecule has 28 heavy (non-hydrogen) atoms. The number of halogens is 1. The second-order valence-electron chi connectivity index (χ2n) is 7.28. The van der Waals surface area contributed by atoms with E-state index >= 15 is 0 Å². The molecule has 0 unspecified atom stereocenters. The van der Waals surface area contributed by atoms with Gasteiger partial charge in [-0.2, -0.15) is 0 Å². The van der Waals surface area contributed by atoms with Crippen LogP contribution in [0.25, 0.3) is 0 Å². The average molecular weight is 507 g/mol. The van der Waals surface area contributed by atoms with Gasteiger partial charge in [-0.05, 0) is 39.8 Å². The number of ether oxygens (including phenoxy) is 1. The number of guanidine groups is 1. The molecular weight excluding hydrogens is 477 g/mol. The first-order valence-corrected chi connectivity index (χ1v) is 9.08. The molecule has 0 bridgehead atoms. The fourth-order valence-corrected chi connectivity index (χ4v) is 2.36. The summed E-state index contributed by atoms with van der Waals surface area (Å²) in [7, 11) is 0. The fourth-order valence-electron chi connectivity index (χ4n) is 2.36. The molecule has 1 aliphatic rings. The molecule has 0 radical (unpaired) electrons. The molecule has 10 heteroatoms. The average Bonchev–Trinajstić information content (AvgIpc) is 3.05. The molecule has 2 heterocycles. The Bertz CT molecular complexity index is 651. The lowest BCUT2D eigenvalue weighted by molar-refractivity contribution is -0.119. The van der Waals surface area contributed by atoms with Crippen LogP contribution < -0.4 is 16.0 Å². The summed E-state index contributed by atoms with van der Waals surface area (Å²) in [5.41, 5.74) is -0.505. The first-order chi connectivity index (χ1) is 12.8. The summed E-state index contributed by atoms with van der Waals surface area (Å²) in [6.45, 7) is 9.53. The third-order valence-corrected chi connectivity index (χ3v) is 3.64. The van der Waals surface area contributed by atoms with Crippen LogP contribution in [0.1, 0.15) is 33.5 Å². The van der Waals surface area contributed by atoms with E-state index in [0.717, 1.165) is 0 Å². The normalized spacial score (nSPS) is 14.6. The van der Waals surface area contributed by atoms with E-state index in [1.54, 1.807) is 23.3 Å². The van der Waals surface area contributed by atoms with Crippen molar-refractivity contribution < 1.29 is 18.7 Å². The maximum atomic E-state index is 12.0. The first-order valence-electron chi connectivity index (χ1n) is 9.08. The maximum absolute atomic E-state index is 12.0. The number of carbonyl (C=O) groups excluding carboxylic acids is 2. The molecule has 0 aliphatic carbocycles. The molecule has 0 spiro atoms. The summed E-state index contributed by atoms with van der Waals surface area (Å²) in [5.74, 6) is 1.03. The highest BCUT2D eigenvalue weighted by molar-refractivity contribution is 14.0. The molecule has 2 rings (SSSR count). The van der Waals surface area contributed by atoms with Crippen LogP contribution in [0.2, 0.25) is 0 Å². The molecule has 0 atom stereocenters. The zero-order valence-electron chi connectivity index (χ0n) is 16.8. The summed E-state index contributed by atoms with van der Waals surface area (Å²) in [6.07, 6.45) is 1.24. The summed E-state index contributed by atoms with van der Waals surface area (Å²) < 4.78 is 10.5. The van der Waals surface area contributed by atoms with Crippen LogP contribution >= 0.6 is 24.0 Å². The predicted octanol–water partition coefficient (Wildman–Crippen LogP) is 1.69. The van der Waals surface area contributed by atoms with Gasteiger partial charge < -0.3 is 30.0 Å². The molecule has 1 aromatic rings. The standard InChI is InChI=1S/C18H29N5O4.HI/c1-5-19-16(21-10-15(24)20-9-14-7-6-8-26-14)22-13-11-23(12-13)17(25)27-18(2,3)4;/h6-8,13H,5,9-12H2,1-4H3,(H,20,24)(H2,19,21,22);1H. The van der Waals surface area contributed by atoms with Crippen molar-refractivity contribution in [2.45, 2.75) is 45.9 Å². The number of likely N-dealkylation sites (tertiary alicyclic amines) is 1. The number of nitrogens with one attached hydrogen (secondary N) is 3. The Kier molecular flexibility index (Phi) is 9.56. The number of carbonyl (C=O) groups is 2. The minimum atomic E-state index is -0.505. The molecule has 1 aromatic heterocycles. The van der Waals surface area contributed by atoms with Crippen molar-refractivity contribution in [2.75, 3.05) is 26.2 Å². The van der Waals surface area contributed by atoms with Gasteiger partial charge in [-0.1, -0.05) is 0 Å². The third kappa shape index (κ3) is 8.36. The van der Waals surface area contributed by atoms with Crippen molar-refractivity contribution in [3.05, 3.63) is 24.2 Å². The van der Waals surface area contributed by atoms with Gasteiger partial charge in [-0.15, -0.1) is 24.0 Å². The van der Waals surface area contributed by atoms with Crippen LogP contribution in [-0.4, -0.2) is 60.7 Å². The quantitative estimate of drug-likeness (QED) is 0.307. The molecule has 1 fully saturated rings. The lowest BCUT2D eigenvalue weighted by Crippen LogP contribution is -2.63. The highest BCUT2D eigenvalue weighted by Gasteiger charge is 2.34. The van der Waals surface area contributed by atoms with Crippen LogP contribution in [0.4, 0.5) is 4.79 Å². The summed E-state index contributed by atoms with van der Waals surface area (Å²) in [4.78, 5) is 29.8. The van der Waals surface area contributed by atoms with Crippen LogP contribution in [0.15, 0.2) is 27.8 Å². The fraction of sp³-hybridized carbons (Fsp3) is 0.611. The Labute approximate surface area is 182 Å². The van der Waals surface area contributed by atoms with Gasteiger partial charge in [0, 0.05) is 19.6 Å². The second kappa shape index (κ2) is 11.1. The zero-order chi connectivity index (χ0) is 19.9. The number of rotatable bonds is 6. The topological polar surface area (TPSA) is 108 Å². The molecule has 158 valence electrons. The first kappa shape index (κ1) is 24.1. The van der Waals surface area contributed by atoms with Gasteiger partial charge in [0.05, 0.1) is 18.8 Å². The molecule has 0 saturated carbocycles. The van der Waals surface area contributed by atoms with Crippen LogP contribution in [0.5, 0.6) is 0 Å². The van der Waals surface area contributed by atoms with Crippen LogP contribution in [0.3, 0.4) is 0 Å². The lowest BCUT2D eigenvalue weighted by atomic mass is 10.1. The SMILES string of the molecule is CCNC(=NCC(=O)NCc1ccco1)NC1CN(C(=O)OC(C)(C)C)C1.I. The Morgan fingerprint density at radius 2 is 2.04 bits per heavy atom. The summed E-state index contributed by atoms with van der Waals surface area (Å²) in [6, 6.07) is 3.63. The third-order valence-electron chi connectivity index (χ3n) is 3.64. The van der Waals surface area contributed by atoms with Gasteiger partial charge in [0.25, 0.3) is 0 Å². The van der Waals surface area contributed by atoms with Crippen molar-refractivity contribution >= 4 is 41.9 Å². The van der Waals surface area contributed by atoms with E-state index in [1.807, 2.05) is 27.7 Å². The number of amides is 2. The van der Waals surface area contributed by atoms with Crippen molar-refractivity contribution in [2.24, 2.45) is 4.99 Å². The van der Waals surface area contributed by atoms with Crippen LogP contribution in [0, 0.1) is 0 Å². The van der Waals surface area contributed by atoms with E-state index in [-0.39, 0.29) is 48.6 Å². The van der Waals surface area contributed by atoms with E-state index < -0.39 is 5.60 Å². The van der Waals surface area contributed by atoms with E-state index in [9.17, 15) is 9.59 Å². The highest BCUT2D eigenvalue weighted by atomic mass is 127. The van der Waals surface area contributed by atoms with E-state index in [2.05, 4.69) is 20.9 Å². The number of hydrogen-bond acceptors (Lipinski definition) is 5. The van der Waals surface area contributed by atoms with Crippen molar-refractivity contribution in [3.63, 3.8) is 0 Å². The molecule has 0 aromatic carbocycles. The minimum absolute atomic E-state index is 0. The summed E-state index contributed by atoms with van der Waals surface area (Å²) >= 11 is 0. The van der Waals surface area contributed by atoms with Gasteiger partial charge >= 0.3 is 6.09 Å². The molecule has 9 nitrogen and oxygen atoms in total. The Morgan fingerprint density at radius 3 is 2.61 bits per heavy atom. The van der Waals surface area contributed by atoms with E-state index in [0.29, 0.717) is 37.9 Å². The molecule has 1 aliphatic heterocycles. The van der Waals surface area contributed by atoms with Crippen molar-refractivity contribution in [1.82, 2.24) is 20.9 Å². The van der Waals surface area contributed by atoms with Crippen molar-refractivity contribution in [1.29, 1.82) is 0 Å². The van der Waals surface area contributed by atoms with Gasteiger partial charge in [0.1, 0.15) is 17.9 Å². The van der Waals surface area contributed by atoms with Gasteiger partial charge in [0.2, 0.25) is 5.91 Å². The second-order valence-corrected chi connectivity index (χ2v) is 7.28. The van der Waals surface area contributed by atoms with Gasteiger partial charge in [0.15, 0.2) is 5.96 Å². The summed E-state index contributed by atoms with van der Waals surface area (Å²) in [5, 5.41) is 9.06. The Hall–Kier alpha value is -1.98. The predicted molar refractivity (Wildman–Crippen MR) is 117 cm³/mol. The minimum Gasteiger partial charge on any atom is -0.467 e. The molecule has 3 N–H and O–H groups in total.